The summed E-state index contributed by atoms with van der Waals surface area (Å²) < 4.78 is 0.745. The smallest absolute Gasteiger partial charge is 0.340 e. The van der Waals surface area contributed by atoms with Crippen LogP contribution in [0.2, 0.25) is 0 Å². The highest BCUT2D eigenvalue weighted by Crippen LogP contribution is 2.18. The van der Waals surface area contributed by atoms with Gasteiger partial charge in [-0.3, -0.25) is 15.0 Å². The number of aryl methyl sites for hydroxylation is 1. The van der Waals surface area contributed by atoms with Crippen LogP contribution in [0.3, 0.4) is 0 Å². The summed E-state index contributed by atoms with van der Waals surface area (Å²) in [6.07, 6.45) is 1.39. The highest BCUT2D eigenvalue weighted by atomic mass is 16.4. The third-order valence-corrected chi connectivity index (χ3v) is 2.06. The zero-order valence-corrected chi connectivity index (χ0v) is 7.70. The summed E-state index contributed by atoms with van der Waals surface area (Å²) in [4.78, 5) is 34.8. The number of aromatic nitrogens is 2. The standard InChI is InChI=1S/C8H7N3O4/c1-3-5(8(14)15)4(2-9-3)10-11-6(12)7(11)13/h2,9-10H,1H3,(H,14,15). The molecule has 0 unspecified atom stereocenters. The van der Waals surface area contributed by atoms with Crippen LogP contribution >= 0.6 is 0 Å². The summed E-state index contributed by atoms with van der Waals surface area (Å²) in [6, 6.07) is 0. The second-order valence-corrected chi connectivity index (χ2v) is 3.07. The van der Waals surface area contributed by atoms with Crippen LogP contribution < -0.4 is 16.5 Å². The first-order valence-corrected chi connectivity index (χ1v) is 4.08. The van der Waals surface area contributed by atoms with Gasteiger partial charge in [-0.1, -0.05) is 0 Å². The number of hydrogen-bond donors (Lipinski definition) is 3. The molecule has 2 heterocycles. The molecule has 0 saturated carbocycles. The van der Waals surface area contributed by atoms with Crippen LogP contribution in [0.25, 0.3) is 0 Å². The van der Waals surface area contributed by atoms with Gasteiger partial charge in [0.2, 0.25) is 0 Å². The van der Waals surface area contributed by atoms with Crippen molar-refractivity contribution in [2.45, 2.75) is 6.92 Å². The average Bonchev–Trinajstić information content (AvgIpc) is 2.62. The molecule has 7 heteroatoms. The van der Waals surface area contributed by atoms with Gasteiger partial charge in [0.15, 0.2) is 0 Å². The van der Waals surface area contributed by atoms with Crippen molar-refractivity contribution in [3.05, 3.63) is 38.2 Å². The molecule has 78 valence electrons. The molecule has 0 aliphatic heterocycles. The fraction of sp³-hybridized carbons (Fsp3) is 0.125. The van der Waals surface area contributed by atoms with Crippen molar-refractivity contribution in [3.63, 3.8) is 0 Å². The van der Waals surface area contributed by atoms with Crippen molar-refractivity contribution in [1.29, 1.82) is 0 Å². The van der Waals surface area contributed by atoms with Gasteiger partial charge in [-0.2, -0.15) is 4.68 Å². The first kappa shape index (κ1) is 9.25. The van der Waals surface area contributed by atoms with Gasteiger partial charge < -0.3 is 10.1 Å². The average molecular weight is 209 g/mol. The number of nitrogens with zero attached hydrogens (tertiary/aromatic N) is 1. The molecule has 0 amide bonds. The van der Waals surface area contributed by atoms with Gasteiger partial charge in [0.05, 0.1) is 5.69 Å². The Morgan fingerprint density at radius 2 is 2.07 bits per heavy atom. The number of rotatable bonds is 3. The Labute approximate surface area is 82.6 Å². The van der Waals surface area contributed by atoms with E-state index in [0.29, 0.717) is 5.69 Å². The number of nitrogens with one attached hydrogen (secondary N) is 2. The highest BCUT2D eigenvalue weighted by molar-refractivity contribution is 5.95. The minimum absolute atomic E-state index is 0.0162. The maximum absolute atomic E-state index is 10.8. The van der Waals surface area contributed by atoms with Crippen LogP contribution in [0.4, 0.5) is 5.69 Å². The van der Waals surface area contributed by atoms with Gasteiger partial charge in [0, 0.05) is 11.9 Å². The fourth-order valence-electron chi connectivity index (χ4n) is 1.25. The van der Waals surface area contributed by atoms with Crippen molar-refractivity contribution >= 4 is 11.7 Å². The predicted octanol–water partition coefficient (Wildman–Crippen LogP) is -0.706. The third-order valence-electron chi connectivity index (χ3n) is 2.06. The summed E-state index contributed by atoms with van der Waals surface area (Å²) in [7, 11) is 0. The summed E-state index contributed by atoms with van der Waals surface area (Å²) in [5, 5.41) is 8.85. The maximum Gasteiger partial charge on any atom is 0.340 e. The van der Waals surface area contributed by atoms with Crippen LogP contribution in [0.5, 0.6) is 0 Å². The van der Waals surface area contributed by atoms with E-state index in [1.807, 2.05) is 0 Å². The van der Waals surface area contributed by atoms with Crippen molar-refractivity contribution in [2.75, 3.05) is 5.43 Å². The van der Waals surface area contributed by atoms with Gasteiger partial charge in [0.1, 0.15) is 5.56 Å². The Balaban J connectivity index is 2.38. The Hall–Kier alpha value is -2.31. The van der Waals surface area contributed by atoms with E-state index in [9.17, 15) is 14.4 Å². The van der Waals surface area contributed by atoms with Gasteiger partial charge >= 0.3 is 17.1 Å². The van der Waals surface area contributed by atoms with Crippen molar-refractivity contribution < 1.29 is 9.90 Å². The number of carboxylic acid groups (broad SMARTS) is 1. The van der Waals surface area contributed by atoms with Gasteiger partial charge in [-0.05, 0) is 6.92 Å². The lowest BCUT2D eigenvalue weighted by atomic mass is 10.2. The third kappa shape index (κ3) is 1.33. The van der Waals surface area contributed by atoms with E-state index >= 15 is 0 Å². The molecule has 2 aromatic heterocycles. The molecule has 0 radical (unpaired) electrons. The molecule has 0 atom stereocenters. The van der Waals surface area contributed by atoms with Gasteiger partial charge in [-0.15, -0.1) is 0 Å². The number of carboxylic acids is 1. The number of aromatic carboxylic acids is 1. The minimum Gasteiger partial charge on any atom is -0.478 e. The van der Waals surface area contributed by atoms with Crippen molar-refractivity contribution in [3.8, 4) is 0 Å². The molecule has 0 aliphatic rings. The van der Waals surface area contributed by atoms with Gasteiger partial charge in [0.25, 0.3) is 0 Å². The largest absolute Gasteiger partial charge is 0.478 e. The number of aromatic amines is 1. The molecule has 2 aromatic rings. The fourth-order valence-corrected chi connectivity index (χ4v) is 1.25. The quantitative estimate of drug-likeness (QED) is 0.579. The summed E-state index contributed by atoms with van der Waals surface area (Å²) >= 11 is 0. The Kier molecular flexibility index (Phi) is 1.75. The first-order valence-electron chi connectivity index (χ1n) is 4.08. The molecule has 0 saturated heterocycles. The molecule has 0 bridgehead atoms. The predicted molar refractivity (Wildman–Crippen MR) is 50.9 cm³/mol. The Morgan fingerprint density at radius 3 is 2.53 bits per heavy atom. The van der Waals surface area contributed by atoms with Crippen LogP contribution in [0.15, 0.2) is 15.8 Å². The van der Waals surface area contributed by atoms with E-state index in [2.05, 4.69) is 10.4 Å². The number of anilines is 1. The van der Waals surface area contributed by atoms with Crippen LogP contribution in [0, 0.1) is 6.92 Å². The maximum atomic E-state index is 10.8. The summed E-state index contributed by atoms with van der Waals surface area (Å²) in [5.74, 6) is -1.13. The normalized spacial score (nSPS) is 10.7. The summed E-state index contributed by atoms with van der Waals surface area (Å²) in [5.41, 5.74) is 1.72. The lowest BCUT2D eigenvalue weighted by Crippen LogP contribution is -2.10. The molecular weight excluding hydrogens is 202 g/mol. The second kappa shape index (κ2) is 2.84. The lowest BCUT2D eigenvalue weighted by molar-refractivity contribution is 0.0697. The molecule has 15 heavy (non-hydrogen) atoms. The van der Waals surface area contributed by atoms with E-state index in [4.69, 9.17) is 5.11 Å². The molecular formula is C8H7N3O4. The Morgan fingerprint density at radius 1 is 1.47 bits per heavy atom. The van der Waals surface area contributed by atoms with E-state index in [-0.39, 0.29) is 11.3 Å². The summed E-state index contributed by atoms with van der Waals surface area (Å²) in [6.45, 7) is 1.58. The number of H-pyrrole nitrogens is 1. The number of hydrogen-bond acceptors (Lipinski definition) is 4. The zero-order valence-electron chi connectivity index (χ0n) is 7.70. The molecule has 3 N–H and O–H groups in total. The van der Waals surface area contributed by atoms with Crippen LogP contribution in [0.1, 0.15) is 16.1 Å². The Bertz CT molecular complexity index is 574. The topological polar surface area (TPSA) is 104 Å². The SMILES string of the molecule is Cc1[nH]cc(Nn2c(=O)c2=O)c1C(=O)O. The van der Waals surface area contributed by atoms with E-state index < -0.39 is 17.1 Å². The molecule has 0 aromatic carbocycles. The minimum atomic E-state index is -1.13. The van der Waals surface area contributed by atoms with Crippen LogP contribution in [-0.2, 0) is 0 Å². The van der Waals surface area contributed by atoms with E-state index in [1.165, 1.54) is 6.20 Å². The highest BCUT2D eigenvalue weighted by Gasteiger charge is 2.21. The van der Waals surface area contributed by atoms with Crippen LogP contribution in [-0.4, -0.2) is 20.7 Å². The first-order chi connectivity index (χ1) is 7.02. The molecule has 0 spiro atoms. The molecule has 2 rings (SSSR count). The molecule has 0 fully saturated rings. The lowest BCUT2D eigenvalue weighted by Gasteiger charge is -1.99. The number of carbonyl (C=O) groups is 1. The van der Waals surface area contributed by atoms with Crippen molar-refractivity contribution in [2.24, 2.45) is 0 Å². The molecule has 0 aliphatic carbocycles. The zero-order chi connectivity index (χ0) is 11.2. The van der Waals surface area contributed by atoms with Gasteiger partial charge in [-0.25, -0.2) is 4.79 Å². The van der Waals surface area contributed by atoms with Crippen molar-refractivity contribution in [1.82, 2.24) is 9.66 Å². The molecule has 7 nitrogen and oxygen atoms in total. The van der Waals surface area contributed by atoms with E-state index in [1.54, 1.807) is 6.92 Å². The van der Waals surface area contributed by atoms with E-state index in [0.717, 1.165) is 4.68 Å². The monoisotopic (exact) mass is 209 g/mol. The second-order valence-electron chi connectivity index (χ2n) is 3.07.